The highest BCUT2D eigenvalue weighted by molar-refractivity contribution is 5.77. The molecule has 1 rings (SSSR count). The quantitative estimate of drug-likeness (QED) is 0.554. The fourth-order valence-electron chi connectivity index (χ4n) is 2.91. The molecule has 1 fully saturated rings. The van der Waals surface area contributed by atoms with E-state index < -0.39 is 29.6 Å². The topological polar surface area (TPSA) is 119 Å². The van der Waals surface area contributed by atoms with Crippen LogP contribution in [0.15, 0.2) is 0 Å². The summed E-state index contributed by atoms with van der Waals surface area (Å²) in [5, 5.41) is 20.2. The smallest absolute Gasteiger partial charge is 0.336 e. The molecule has 0 amide bonds. The highest BCUT2D eigenvalue weighted by Crippen LogP contribution is 2.33. The Hall–Kier alpha value is -1.67. The van der Waals surface area contributed by atoms with Crippen molar-refractivity contribution in [3.63, 3.8) is 0 Å². The Morgan fingerprint density at radius 2 is 1.77 bits per heavy atom. The summed E-state index contributed by atoms with van der Waals surface area (Å²) in [6.45, 7) is 5.25. The zero-order valence-corrected chi connectivity index (χ0v) is 15.7. The van der Waals surface area contributed by atoms with Crippen LogP contribution in [0.3, 0.4) is 0 Å². The Morgan fingerprint density at radius 3 is 2.35 bits per heavy atom. The summed E-state index contributed by atoms with van der Waals surface area (Å²) in [5.74, 6) is -2.99. The molecule has 0 radical (unpaired) electrons. The average molecular weight is 374 g/mol. The van der Waals surface area contributed by atoms with Gasteiger partial charge < -0.3 is 24.4 Å². The van der Waals surface area contributed by atoms with Crippen molar-refractivity contribution in [1.82, 2.24) is 0 Å². The number of ether oxygens (including phenoxy) is 3. The molecule has 0 bridgehead atoms. The first-order valence-electron chi connectivity index (χ1n) is 9.17. The maximum absolute atomic E-state index is 11.7. The number of hydrogen-bond donors (Lipinski definition) is 2. The van der Waals surface area contributed by atoms with Crippen LogP contribution in [-0.4, -0.2) is 59.1 Å². The average Bonchev–Trinajstić information content (AvgIpc) is 2.57. The lowest BCUT2D eigenvalue weighted by Crippen LogP contribution is -2.54. The second-order valence-electron chi connectivity index (χ2n) is 6.70. The van der Waals surface area contributed by atoms with Gasteiger partial charge in [0.25, 0.3) is 0 Å². The predicted molar refractivity (Wildman–Crippen MR) is 91.4 cm³/mol. The number of aliphatic hydroxyl groups is 1. The van der Waals surface area contributed by atoms with Gasteiger partial charge in [-0.3, -0.25) is 9.59 Å². The molecule has 0 aromatic rings. The van der Waals surface area contributed by atoms with Crippen molar-refractivity contribution < 1.29 is 38.8 Å². The number of carbonyl (C=O) groups is 3. The van der Waals surface area contributed by atoms with E-state index in [0.29, 0.717) is 12.8 Å². The number of carbonyl (C=O) groups excluding carboxylic acids is 2. The van der Waals surface area contributed by atoms with Crippen molar-refractivity contribution in [3.8, 4) is 0 Å². The van der Waals surface area contributed by atoms with Crippen LogP contribution in [0, 0.1) is 5.92 Å². The van der Waals surface area contributed by atoms with Crippen LogP contribution >= 0.6 is 0 Å². The summed E-state index contributed by atoms with van der Waals surface area (Å²) in [4.78, 5) is 34.8. The fourth-order valence-corrected chi connectivity index (χ4v) is 2.91. The van der Waals surface area contributed by atoms with Gasteiger partial charge in [0.2, 0.25) is 0 Å². The zero-order chi connectivity index (χ0) is 19.7. The Balaban J connectivity index is 2.73. The molecule has 0 aromatic carbocycles. The monoisotopic (exact) mass is 374 g/mol. The molecule has 8 heteroatoms. The summed E-state index contributed by atoms with van der Waals surface area (Å²) < 4.78 is 15.9. The van der Waals surface area contributed by atoms with Crippen LogP contribution < -0.4 is 0 Å². The Bertz CT molecular complexity index is 492. The zero-order valence-electron chi connectivity index (χ0n) is 15.7. The number of aliphatic carboxylic acids is 1. The molecule has 0 aromatic heterocycles. The van der Waals surface area contributed by atoms with Gasteiger partial charge in [0.1, 0.15) is 6.10 Å². The third-order valence-corrected chi connectivity index (χ3v) is 4.58. The minimum absolute atomic E-state index is 0.0225. The molecule has 1 aliphatic heterocycles. The Morgan fingerprint density at radius 1 is 1.15 bits per heavy atom. The Labute approximate surface area is 153 Å². The number of hydrogen-bond acceptors (Lipinski definition) is 7. The molecular formula is C18H30O8. The van der Waals surface area contributed by atoms with Crippen molar-refractivity contribution in [2.75, 3.05) is 13.2 Å². The van der Waals surface area contributed by atoms with Crippen molar-refractivity contribution in [1.29, 1.82) is 0 Å². The number of esters is 2. The lowest BCUT2D eigenvalue weighted by atomic mass is 9.79. The van der Waals surface area contributed by atoms with Gasteiger partial charge >= 0.3 is 17.9 Å². The van der Waals surface area contributed by atoms with E-state index in [0.717, 1.165) is 0 Å². The predicted octanol–water partition coefficient (Wildman–Crippen LogP) is 1.67. The van der Waals surface area contributed by atoms with E-state index in [1.807, 2.05) is 13.8 Å². The van der Waals surface area contributed by atoms with Gasteiger partial charge in [-0.25, -0.2) is 4.79 Å². The number of rotatable bonds is 10. The molecule has 26 heavy (non-hydrogen) atoms. The second kappa shape index (κ2) is 10.5. The summed E-state index contributed by atoms with van der Waals surface area (Å²) in [7, 11) is 0. The van der Waals surface area contributed by atoms with E-state index in [-0.39, 0.29) is 51.0 Å². The Kier molecular flexibility index (Phi) is 9.01. The molecule has 8 nitrogen and oxygen atoms in total. The molecule has 150 valence electrons. The van der Waals surface area contributed by atoms with Gasteiger partial charge in [-0.05, 0) is 26.2 Å². The van der Waals surface area contributed by atoms with Crippen molar-refractivity contribution in [2.24, 2.45) is 5.92 Å². The maximum atomic E-state index is 11.7. The van der Waals surface area contributed by atoms with Gasteiger partial charge in [0.05, 0.1) is 19.3 Å². The molecule has 0 aliphatic carbocycles. The maximum Gasteiger partial charge on any atom is 0.336 e. The molecule has 1 heterocycles. The van der Waals surface area contributed by atoms with Crippen LogP contribution in [0.5, 0.6) is 0 Å². The van der Waals surface area contributed by atoms with Gasteiger partial charge in [0, 0.05) is 25.2 Å². The molecule has 2 unspecified atom stereocenters. The van der Waals surface area contributed by atoms with Crippen LogP contribution in [0.4, 0.5) is 0 Å². The van der Waals surface area contributed by atoms with Crippen molar-refractivity contribution in [2.45, 2.75) is 77.1 Å². The van der Waals surface area contributed by atoms with Crippen LogP contribution in [-0.2, 0) is 28.6 Å². The largest absolute Gasteiger partial charge is 0.479 e. The van der Waals surface area contributed by atoms with Gasteiger partial charge in [-0.1, -0.05) is 13.8 Å². The van der Waals surface area contributed by atoms with Gasteiger partial charge in [-0.2, -0.15) is 0 Å². The SMILES string of the molecule is CCCC(=O)OCCC(O)(C(=O)O)C1CO[C@@H](C)[C@H](OC(=O)CCC)C1. The van der Waals surface area contributed by atoms with E-state index in [1.165, 1.54) is 0 Å². The molecule has 4 atom stereocenters. The highest BCUT2D eigenvalue weighted by atomic mass is 16.6. The standard InChI is InChI=1S/C18H30O8/c1-4-6-15(19)24-9-8-18(23,17(21)22)13-10-14(12(3)25-11-13)26-16(20)7-5-2/h12-14,23H,4-11H2,1-3H3,(H,21,22)/t12-,13?,14+,18?/m0/s1. The minimum atomic E-state index is -2.12. The van der Waals surface area contributed by atoms with Crippen LogP contribution in [0.25, 0.3) is 0 Å². The third kappa shape index (κ3) is 6.25. The van der Waals surface area contributed by atoms with Crippen molar-refractivity contribution in [3.05, 3.63) is 0 Å². The summed E-state index contributed by atoms with van der Waals surface area (Å²) in [6, 6.07) is 0. The van der Waals surface area contributed by atoms with E-state index in [1.54, 1.807) is 6.92 Å². The van der Waals surface area contributed by atoms with Gasteiger partial charge in [-0.15, -0.1) is 0 Å². The molecule has 0 spiro atoms. The van der Waals surface area contributed by atoms with Crippen molar-refractivity contribution >= 4 is 17.9 Å². The summed E-state index contributed by atoms with van der Waals surface area (Å²) >= 11 is 0. The molecule has 0 saturated carbocycles. The van der Waals surface area contributed by atoms with E-state index in [2.05, 4.69) is 0 Å². The first kappa shape index (κ1) is 22.4. The molecule has 1 saturated heterocycles. The molecular weight excluding hydrogens is 344 g/mol. The van der Waals surface area contributed by atoms with E-state index in [4.69, 9.17) is 14.2 Å². The first-order chi connectivity index (χ1) is 12.2. The molecule has 2 N–H and O–H groups in total. The second-order valence-corrected chi connectivity index (χ2v) is 6.70. The highest BCUT2D eigenvalue weighted by Gasteiger charge is 2.48. The van der Waals surface area contributed by atoms with E-state index >= 15 is 0 Å². The fraction of sp³-hybridized carbons (Fsp3) is 0.833. The van der Waals surface area contributed by atoms with Crippen LogP contribution in [0.1, 0.15) is 59.3 Å². The normalized spacial score (nSPS) is 25.2. The number of carboxylic acids is 1. The van der Waals surface area contributed by atoms with Crippen LogP contribution in [0.2, 0.25) is 0 Å². The minimum Gasteiger partial charge on any atom is -0.479 e. The summed E-state index contributed by atoms with van der Waals surface area (Å²) in [5.41, 5.74) is -2.12. The van der Waals surface area contributed by atoms with Gasteiger partial charge in [0.15, 0.2) is 5.60 Å². The first-order valence-corrected chi connectivity index (χ1v) is 9.17. The number of carboxylic acid groups (broad SMARTS) is 1. The third-order valence-electron chi connectivity index (χ3n) is 4.58. The lowest BCUT2D eigenvalue weighted by molar-refractivity contribution is -0.194. The lowest BCUT2D eigenvalue weighted by Gasteiger charge is -2.40. The molecule has 1 aliphatic rings. The van der Waals surface area contributed by atoms with E-state index in [9.17, 15) is 24.6 Å². The summed E-state index contributed by atoms with van der Waals surface area (Å²) in [6.07, 6.45) is 0.690.